The van der Waals surface area contributed by atoms with Crippen molar-refractivity contribution in [1.29, 1.82) is 0 Å². The Balaban J connectivity index is 1.35. The minimum atomic E-state index is -0.382. The van der Waals surface area contributed by atoms with Gasteiger partial charge in [-0.2, -0.15) is 0 Å². The van der Waals surface area contributed by atoms with Crippen molar-refractivity contribution in [3.63, 3.8) is 0 Å². The molecule has 7 nitrogen and oxygen atoms in total. The van der Waals surface area contributed by atoms with Crippen LogP contribution in [-0.2, 0) is 0 Å². The molecule has 2 heterocycles. The molecular formula is C44H33N5O2. The molecule has 2 aromatic heterocycles. The lowest BCUT2D eigenvalue weighted by Gasteiger charge is -2.19. The fourth-order valence-electron chi connectivity index (χ4n) is 7.06. The number of amides is 1. The molecule has 6 aromatic carbocycles. The van der Waals surface area contributed by atoms with Crippen LogP contribution in [0.2, 0.25) is 0 Å². The fourth-order valence-corrected chi connectivity index (χ4v) is 7.06. The van der Waals surface area contributed by atoms with E-state index >= 15 is 0 Å². The van der Waals surface area contributed by atoms with Crippen LogP contribution in [0.1, 0.15) is 39.3 Å². The third-order valence-corrected chi connectivity index (χ3v) is 9.15. The Bertz CT molecular complexity index is 2550. The van der Waals surface area contributed by atoms with Crippen LogP contribution in [0.15, 0.2) is 140 Å². The van der Waals surface area contributed by atoms with E-state index in [1.54, 1.807) is 6.07 Å². The van der Waals surface area contributed by atoms with Gasteiger partial charge in [-0.3, -0.25) is 9.59 Å². The highest BCUT2D eigenvalue weighted by molar-refractivity contribution is 6.18. The van der Waals surface area contributed by atoms with Crippen LogP contribution in [0.4, 0.5) is 5.69 Å². The van der Waals surface area contributed by atoms with Gasteiger partial charge in [-0.15, -0.1) is 0 Å². The Morgan fingerprint density at radius 1 is 0.569 bits per heavy atom. The van der Waals surface area contributed by atoms with Crippen molar-refractivity contribution < 1.29 is 9.59 Å². The number of hydrogen-bond acceptors (Lipinski definition) is 5. The van der Waals surface area contributed by atoms with Crippen LogP contribution >= 0.6 is 0 Å². The normalized spacial score (nSPS) is 11.2. The second-order valence-electron chi connectivity index (χ2n) is 12.5. The number of anilines is 1. The maximum atomic E-state index is 14.6. The van der Waals surface area contributed by atoms with E-state index in [0.29, 0.717) is 34.4 Å². The van der Waals surface area contributed by atoms with E-state index in [9.17, 15) is 9.59 Å². The lowest BCUT2D eigenvalue weighted by molar-refractivity contribution is 0.0985. The number of Topliss-reactive ketones (excluding diaryl/α,β-unsaturated/α-hetero) is 1. The fraction of sp³-hybridized carbons (Fsp3) is 0.0682. The topological polar surface area (TPSA) is 89.8 Å². The Kier molecular flexibility index (Phi) is 8.01. The second-order valence-corrected chi connectivity index (χ2v) is 12.5. The number of ketones is 1. The maximum absolute atomic E-state index is 14.6. The number of rotatable bonds is 7. The zero-order valence-electron chi connectivity index (χ0n) is 28.4. The van der Waals surface area contributed by atoms with Gasteiger partial charge in [0.05, 0.1) is 33.5 Å². The van der Waals surface area contributed by atoms with Crippen molar-refractivity contribution in [1.82, 2.24) is 19.5 Å². The number of aryl methyl sites for hydroxylation is 2. The van der Waals surface area contributed by atoms with Gasteiger partial charge in [0.15, 0.2) is 11.6 Å². The first kappa shape index (κ1) is 31.5. The highest BCUT2D eigenvalue weighted by atomic mass is 16.2. The molecular weight excluding hydrogens is 631 g/mol. The Hall–Kier alpha value is -6.73. The van der Waals surface area contributed by atoms with Gasteiger partial charge in [-0.25, -0.2) is 15.0 Å². The van der Waals surface area contributed by atoms with E-state index in [0.717, 1.165) is 49.6 Å². The number of carbonyl (C=O) groups excluding carboxylic acids is 2. The first-order valence-electron chi connectivity index (χ1n) is 16.8. The summed E-state index contributed by atoms with van der Waals surface area (Å²) in [4.78, 5) is 42.2. The molecule has 0 saturated carbocycles. The lowest BCUT2D eigenvalue weighted by atomic mass is 9.95. The third kappa shape index (κ3) is 5.64. The van der Waals surface area contributed by atoms with Crippen LogP contribution in [-0.4, -0.2) is 31.2 Å². The summed E-state index contributed by atoms with van der Waals surface area (Å²) in [6.45, 7) is 5.21. The van der Waals surface area contributed by atoms with E-state index in [1.807, 2.05) is 135 Å². The quantitative estimate of drug-likeness (QED) is 0.171. The molecule has 8 aromatic rings. The largest absolute Gasteiger partial charge is 0.321 e. The zero-order valence-corrected chi connectivity index (χ0v) is 28.4. The molecule has 0 unspecified atom stereocenters. The Morgan fingerprint density at radius 2 is 1.12 bits per heavy atom. The van der Waals surface area contributed by atoms with Crippen molar-refractivity contribution in [2.45, 2.75) is 20.8 Å². The number of nitrogens with zero attached hydrogens (tertiary/aromatic N) is 4. The zero-order chi connectivity index (χ0) is 35.1. The van der Waals surface area contributed by atoms with Gasteiger partial charge in [-0.05, 0) is 56.2 Å². The van der Waals surface area contributed by atoms with Crippen molar-refractivity contribution in [2.24, 2.45) is 0 Å². The number of hydrogen-bond donors (Lipinski definition) is 1. The van der Waals surface area contributed by atoms with E-state index < -0.39 is 0 Å². The molecule has 1 amide bonds. The summed E-state index contributed by atoms with van der Waals surface area (Å²) in [5.74, 6) is 1.16. The molecule has 0 aliphatic heterocycles. The standard InChI is InChI=1S/C44H33N5O2/c1-27(50)40-36(44(51)48-41-32(30-15-6-4-7-16-30)20-12-21-33(41)31-17-8-5-9-18-31)23-14-26-39(40)49-38-25-11-10-19-34(38)35-22-13-24-37(42(35)49)43-46-28(2)45-29(3)47-43/h4-26H,1-3H3,(H,48,51). The number of benzene rings is 6. The molecule has 7 heteroatoms. The van der Waals surface area contributed by atoms with E-state index in [1.165, 1.54) is 6.92 Å². The number of para-hydroxylation sites is 3. The van der Waals surface area contributed by atoms with E-state index in [2.05, 4.69) is 27.0 Å². The molecule has 8 rings (SSSR count). The van der Waals surface area contributed by atoms with Crippen LogP contribution in [0.25, 0.3) is 61.1 Å². The molecule has 246 valence electrons. The number of fused-ring (bicyclic) bond motifs is 3. The molecule has 51 heavy (non-hydrogen) atoms. The lowest BCUT2D eigenvalue weighted by Crippen LogP contribution is -2.19. The third-order valence-electron chi connectivity index (χ3n) is 9.15. The van der Waals surface area contributed by atoms with Gasteiger partial charge in [0.25, 0.3) is 5.91 Å². The average molecular weight is 664 g/mol. The summed E-state index contributed by atoms with van der Waals surface area (Å²) < 4.78 is 2.06. The molecule has 0 atom stereocenters. The van der Waals surface area contributed by atoms with Crippen molar-refractivity contribution in [2.75, 3.05) is 5.32 Å². The number of carbonyl (C=O) groups is 2. The average Bonchev–Trinajstić information content (AvgIpc) is 3.49. The number of nitrogens with one attached hydrogen (secondary N) is 1. The minimum Gasteiger partial charge on any atom is -0.321 e. The maximum Gasteiger partial charge on any atom is 0.256 e. The van der Waals surface area contributed by atoms with Crippen LogP contribution in [0, 0.1) is 13.8 Å². The van der Waals surface area contributed by atoms with Gasteiger partial charge >= 0.3 is 0 Å². The molecule has 0 fully saturated rings. The first-order chi connectivity index (χ1) is 24.9. The van der Waals surface area contributed by atoms with E-state index in [4.69, 9.17) is 9.97 Å². The van der Waals surface area contributed by atoms with Gasteiger partial charge < -0.3 is 9.88 Å². The predicted octanol–water partition coefficient (Wildman–Crippen LogP) is 10.0. The monoisotopic (exact) mass is 663 g/mol. The molecule has 0 bridgehead atoms. The second kappa shape index (κ2) is 12.9. The van der Waals surface area contributed by atoms with Gasteiger partial charge in [0.1, 0.15) is 11.6 Å². The number of aromatic nitrogens is 4. The molecule has 1 N–H and O–H groups in total. The molecule has 0 radical (unpaired) electrons. The summed E-state index contributed by atoms with van der Waals surface area (Å²) in [6.07, 6.45) is 0. The van der Waals surface area contributed by atoms with Crippen LogP contribution in [0.5, 0.6) is 0 Å². The molecule has 0 saturated heterocycles. The summed E-state index contributed by atoms with van der Waals surface area (Å²) in [5.41, 5.74) is 8.06. The highest BCUT2D eigenvalue weighted by Gasteiger charge is 2.25. The molecule has 0 spiro atoms. The summed E-state index contributed by atoms with van der Waals surface area (Å²) >= 11 is 0. The highest BCUT2D eigenvalue weighted by Crippen LogP contribution is 2.40. The van der Waals surface area contributed by atoms with Crippen LogP contribution in [0.3, 0.4) is 0 Å². The first-order valence-corrected chi connectivity index (χ1v) is 16.8. The molecule has 0 aliphatic rings. The molecule has 0 aliphatic carbocycles. The summed E-state index contributed by atoms with van der Waals surface area (Å²) in [7, 11) is 0. The Morgan fingerprint density at radius 3 is 1.76 bits per heavy atom. The van der Waals surface area contributed by atoms with Crippen LogP contribution < -0.4 is 5.32 Å². The van der Waals surface area contributed by atoms with Crippen molar-refractivity contribution in [3.05, 3.63) is 162 Å². The summed E-state index contributed by atoms with van der Waals surface area (Å²) in [5, 5.41) is 5.24. The van der Waals surface area contributed by atoms with Crippen molar-refractivity contribution in [3.8, 4) is 39.3 Å². The summed E-state index contributed by atoms with van der Waals surface area (Å²) in [6, 6.07) is 45.5. The van der Waals surface area contributed by atoms with Gasteiger partial charge in [0.2, 0.25) is 0 Å². The minimum absolute atomic E-state index is 0.231. The SMILES string of the molecule is CC(=O)c1c(C(=O)Nc2c(-c3ccccc3)cccc2-c2ccccc2)cccc1-n1c2ccccc2c2cccc(-c3nc(C)nc(C)n3)c21. The predicted molar refractivity (Wildman–Crippen MR) is 204 cm³/mol. The van der Waals surface area contributed by atoms with Crippen molar-refractivity contribution >= 4 is 39.2 Å². The van der Waals surface area contributed by atoms with Gasteiger partial charge in [-0.1, -0.05) is 115 Å². The van der Waals surface area contributed by atoms with Gasteiger partial charge in [0, 0.05) is 27.5 Å². The smallest absolute Gasteiger partial charge is 0.256 e. The van der Waals surface area contributed by atoms with E-state index in [-0.39, 0.29) is 17.3 Å². The Labute approximate surface area is 295 Å².